The number of imidazole rings is 1. The van der Waals surface area contributed by atoms with E-state index in [-0.39, 0.29) is 0 Å². The fourth-order valence-electron chi connectivity index (χ4n) is 3.33. The molecule has 0 amide bonds. The molecule has 2 saturated heterocycles. The molecule has 4 rings (SSSR count). The predicted octanol–water partition coefficient (Wildman–Crippen LogP) is 1.25. The summed E-state index contributed by atoms with van der Waals surface area (Å²) < 4.78 is 9.85. The van der Waals surface area contributed by atoms with E-state index in [2.05, 4.69) is 25.2 Å². The molecule has 118 valence electrons. The molecule has 0 radical (unpaired) electrons. The first-order valence-corrected chi connectivity index (χ1v) is 8.16. The predicted molar refractivity (Wildman–Crippen MR) is 81.4 cm³/mol. The van der Waals surface area contributed by atoms with E-state index in [9.17, 15) is 0 Å². The van der Waals surface area contributed by atoms with Crippen molar-refractivity contribution in [2.75, 3.05) is 19.7 Å². The van der Waals surface area contributed by atoms with Gasteiger partial charge in [0.25, 0.3) is 0 Å². The van der Waals surface area contributed by atoms with Gasteiger partial charge in [0.05, 0.1) is 24.9 Å². The zero-order valence-electron chi connectivity index (χ0n) is 12.7. The van der Waals surface area contributed by atoms with Gasteiger partial charge >= 0.3 is 0 Å². The van der Waals surface area contributed by atoms with Gasteiger partial charge < -0.3 is 14.6 Å². The van der Waals surface area contributed by atoms with E-state index >= 15 is 0 Å². The minimum Gasteiger partial charge on any atom is -0.376 e. The van der Waals surface area contributed by atoms with Crippen molar-refractivity contribution in [3.8, 4) is 11.5 Å². The van der Waals surface area contributed by atoms with Gasteiger partial charge in [-0.1, -0.05) is 5.21 Å². The highest BCUT2D eigenvalue weighted by Crippen LogP contribution is 2.22. The molecule has 0 unspecified atom stereocenters. The minimum atomic E-state index is 0.299. The number of piperidine rings is 1. The highest BCUT2D eigenvalue weighted by Gasteiger charge is 2.21. The first-order chi connectivity index (χ1) is 10.9. The zero-order chi connectivity index (χ0) is 14.8. The summed E-state index contributed by atoms with van der Waals surface area (Å²) in [6.45, 7) is 3.82. The molecule has 0 bridgehead atoms. The number of hydrogen-bond donors (Lipinski definition) is 1. The molecule has 1 atom stereocenters. The van der Waals surface area contributed by atoms with E-state index in [1.165, 1.54) is 0 Å². The molecule has 0 aliphatic carbocycles. The summed E-state index contributed by atoms with van der Waals surface area (Å²) in [5, 5.41) is 12.0. The Morgan fingerprint density at radius 1 is 1.27 bits per heavy atom. The van der Waals surface area contributed by atoms with E-state index in [1.807, 2.05) is 23.3 Å². The summed E-state index contributed by atoms with van der Waals surface area (Å²) >= 11 is 0. The fraction of sp³-hybridized carbons (Fsp3) is 0.667. The van der Waals surface area contributed by atoms with Crippen LogP contribution in [-0.4, -0.2) is 50.3 Å². The van der Waals surface area contributed by atoms with Crippen molar-refractivity contribution in [1.82, 2.24) is 29.9 Å². The van der Waals surface area contributed by atoms with E-state index in [0.717, 1.165) is 63.4 Å². The Morgan fingerprint density at radius 3 is 3.00 bits per heavy atom. The van der Waals surface area contributed by atoms with Gasteiger partial charge in [-0.05, 0) is 38.8 Å². The second-order valence-electron chi connectivity index (χ2n) is 6.10. The summed E-state index contributed by atoms with van der Waals surface area (Å²) in [6.07, 6.45) is 10.6. The lowest BCUT2D eigenvalue weighted by Crippen LogP contribution is -2.29. The van der Waals surface area contributed by atoms with E-state index in [0.29, 0.717) is 12.1 Å². The van der Waals surface area contributed by atoms with Crippen LogP contribution in [0.25, 0.3) is 11.5 Å². The van der Waals surface area contributed by atoms with Gasteiger partial charge in [0.1, 0.15) is 5.69 Å². The average molecular weight is 302 g/mol. The molecule has 0 saturated carbocycles. The Balaban J connectivity index is 1.52. The largest absolute Gasteiger partial charge is 0.376 e. The molecule has 7 nitrogen and oxygen atoms in total. The van der Waals surface area contributed by atoms with Crippen LogP contribution in [0.5, 0.6) is 0 Å². The molecule has 1 N–H and O–H groups in total. The van der Waals surface area contributed by atoms with Crippen LogP contribution in [0.2, 0.25) is 0 Å². The Hall–Kier alpha value is -1.73. The van der Waals surface area contributed by atoms with Gasteiger partial charge in [-0.2, -0.15) is 0 Å². The van der Waals surface area contributed by atoms with Crippen molar-refractivity contribution in [2.24, 2.45) is 0 Å². The molecule has 2 aliphatic rings. The molecular formula is C15H22N6O. The number of nitrogens with zero attached hydrogens (tertiary/aromatic N) is 5. The van der Waals surface area contributed by atoms with E-state index in [1.54, 1.807) is 0 Å². The maximum Gasteiger partial charge on any atom is 0.162 e. The molecule has 22 heavy (non-hydrogen) atoms. The van der Waals surface area contributed by atoms with Crippen molar-refractivity contribution in [3.63, 3.8) is 0 Å². The van der Waals surface area contributed by atoms with Crippen LogP contribution in [0, 0.1) is 0 Å². The molecule has 7 heteroatoms. The lowest BCUT2D eigenvalue weighted by Gasteiger charge is -2.22. The van der Waals surface area contributed by atoms with E-state index < -0.39 is 0 Å². The Bertz CT molecular complexity index is 609. The van der Waals surface area contributed by atoms with Crippen LogP contribution in [0.3, 0.4) is 0 Å². The van der Waals surface area contributed by atoms with Gasteiger partial charge in [-0.3, -0.25) is 0 Å². The van der Waals surface area contributed by atoms with Gasteiger partial charge in [-0.15, -0.1) is 5.10 Å². The standard InChI is InChI=1S/C15H22N6O/c1-2-13(22-9-1)10-20-8-7-17-15(20)14-11-21(19-18-14)12-3-5-16-6-4-12/h7-8,11-13,16H,1-6,9-10H2/t13-/m0/s1. The lowest BCUT2D eigenvalue weighted by molar-refractivity contribution is 0.0973. The molecule has 2 fully saturated rings. The van der Waals surface area contributed by atoms with Gasteiger partial charge in [0.2, 0.25) is 0 Å². The summed E-state index contributed by atoms with van der Waals surface area (Å²) in [5.74, 6) is 0.885. The highest BCUT2D eigenvalue weighted by molar-refractivity contribution is 5.47. The lowest BCUT2D eigenvalue weighted by atomic mass is 10.1. The summed E-state index contributed by atoms with van der Waals surface area (Å²) in [7, 11) is 0. The van der Waals surface area contributed by atoms with Gasteiger partial charge in [0.15, 0.2) is 5.82 Å². The quantitative estimate of drug-likeness (QED) is 0.920. The van der Waals surface area contributed by atoms with Gasteiger partial charge in [-0.25, -0.2) is 9.67 Å². The topological polar surface area (TPSA) is 69.8 Å². The fourth-order valence-corrected chi connectivity index (χ4v) is 3.33. The third-order valence-electron chi connectivity index (χ3n) is 4.56. The normalized spacial score (nSPS) is 23.2. The maximum atomic E-state index is 5.72. The second kappa shape index (κ2) is 6.18. The van der Waals surface area contributed by atoms with Crippen molar-refractivity contribution in [2.45, 2.75) is 44.4 Å². The van der Waals surface area contributed by atoms with Crippen LogP contribution in [0.4, 0.5) is 0 Å². The van der Waals surface area contributed by atoms with Crippen LogP contribution in [-0.2, 0) is 11.3 Å². The number of hydrogen-bond acceptors (Lipinski definition) is 5. The molecule has 2 aromatic heterocycles. The third kappa shape index (κ3) is 2.78. The van der Waals surface area contributed by atoms with Crippen molar-refractivity contribution in [1.29, 1.82) is 0 Å². The molecule has 2 aliphatic heterocycles. The third-order valence-corrected chi connectivity index (χ3v) is 4.56. The van der Waals surface area contributed by atoms with Crippen molar-refractivity contribution in [3.05, 3.63) is 18.6 Å². The summed E-state index contributed by atoms with van der Waals surface area (Å²) in [6, 6.07) is 0.448. The molecular weight excluding hydrogens is 280 g/mol. The minimum absolute atomic E-state index is 0.299. The smallest absolute Gasteiger partial charge is 0.162 e. The second-order valence-corrected chi connectivity index (χ2v) is 6.10. The SMILES string of the molecule is c1cn(C[C@@H]2CCCO2)c(-c2cn(C3CCNCC3)nn2)n1. The first kappa shape index (κ1) is 13.9. The van der Waals surface area contributed by atoms with Gasteiger partial charge in [0, 0.05) is 19.0 Å². The number of aromatic nitrogens is 5. The Labute approximate surface area is 129 Å². The first-order valence-electron chi connectivity index (χ1n) is 8.16. The highest BCUT2D eigenvalue weighted by atomic mass is 16.5. The van der Waals surface area contributed by atoms with Crippen molar-refractivity contribution >= 4 is 0 Å². The van der Waals surface area contributed by atoms with Crippen LogP contribution >= 0.6 is 0 Å². The average Bonchev–Trinajstić information content (AvgIpc) is 3.30. The Morgan fingerprint density at radius 2 is 2.18 bits per heavy atom. The number of ether oxygens (including phenoxy) is 1. The molecule has 0 spiro atoms. The molecule has 2 aromatic rings. The van der Waals surface area contributed by atoms with Crippen LogP contribution in [0.15, 0.2) is 18.6 Å². The number of rotatable bonds is 4. The monoisotopic (exact) mass is 302 g/mol. The van der Waals surface area contributed by atoms with Crippen LogP contribution in [0.1, 0.15) is 31.7 Å². The van der Waals surface area contributed by atoms with Crippen molar-refractivity contribution < 1.29 is 4.74 Å². The zero-order valence-corrected chi connectivity index (χ0v) is 12.7. The molecule has 0 aromatic carbocycles. The summed E-state index contributed by atoms with van der Waals surface area (Å²) in [5.41, 5.74) is 0.849. The maximum absolute atomic E-state index is 5.72. The number of nitrogens with one attached hydrogen (secondary N) is 1. The van der Waals surface area contributed by atoms with Crippen LogP contribution < -0.4 is 5.32 Å². The Kier molecular flexibility index (Phi) is 3.90. The molecule has 4 heterocycles. The summed E-state index contributed by atoms with van der Waals surface area (Å²) in [4.78, 5) is 4.47. The van der Waals surface area contributed by atoms with E-state index in [4.69, 9.17) is 4.74 Å².